The number of hydrogen-bond acceptors (Lipinski definition) is 2. The van der Waals surface area contributed by atoms with E-state index in [1.165, 1.54) is 12.7 Å². The lowest BCUT2D eigenvalue weighted by atomic mass is 9.96. The van der Waals surface area contributed by atoms with Crippen molar-refractivity contribution in [3.05, 3.63) is 35.4 Å². The minimum Gasteiger partial charge on any atom is -0.469 e. The van der Waals surface area contributed by atoms with Crippen molar-refractivity contribution in [3.8, 4) is 0 Å². The van der Waals surface area contributed by atoms with Crippen LogP contribution in [0.1, 0.15) is 43.7 Å². The van der Waals surface area contributed by atoms with Crippen molar-refractivity contribution >= 4 is 5.97 Å². The van der Waals surface area contributed by atoms with Crippen LogP contribution in [0, 0.1) is 0 Å². The summed E-state index contributed by atoms with van der Waals surface area (Å²) in [6.45, 7) is 6.16. The van der Waals surface area contributed by atoms with E-state index < -0.39 is 0 Å². The van der Waals surface area contributed by atoms with Gasteiger partial charge < -0.3 is 4.74 Å². The van der Waals surface area contributed by atoms with E-state index >= 15 is 0 Å². The molecule has 82 valence electrons. The molecule has 0 heterocycles. The van der Waals surface area contributed by atoms with E-state index in [9.17, 15) is 4.79 Å². The molecule has 2 heteroatoms. The molecule has 15 heavy (non-hydrogen) atoms. The van der Waals surface area contributed by atoms with Gasteiger partial charge in [-0.1, -0.05) is 38.1 Å². The number of benzene rings is 1. The zero-order valence-corrected chi connectivity index (χ0v) is 9.78. The average Bonchev–Trinajstić information content (AvgIpc) is 2.27. The summed E-state index contributed by atoms with van der Waals surface area (Å²) >= 11 is 0. The van der Waals surface area contributed by atoms with E-state index in [-0.39, 0.29) is 11.9 Å². The Morgan fingerprint density at radius 2 is 1.53 bits per heavy atom. The van der Waals surface area contributed by atoms with Crippen molar-refractivity contribution in [3.63, 3.8) is 0 Å². The monoisotopic (exact) mass is 206 g/mol. The van der Waals surface area contributed by atoms with Crippen LogP contribution in [0.4, 0.5) is 0 Å². The first kappa shape index (κ1) is 11.8. The maximum absolute atomic E-state index is 11.3. The molecular formula is C13H18O2. The summed E-state index contributed by atoms with van der Waals surface area (Å²) in [5.41, 5.74) is 2.29. The van der Waals surface area contributed by atoms with Gasteiger partial charge in [0.05, 0.1) is 13.0 Å². The highest BCUT2D eigenvalue weighted by Crippen LogP contribution is 2.20. The van der Waals surface area contributed by atoms with Gasteiger partial charge in [-0.3, -0.25) is 4.79 Å². The molecule has 0 aromatic heterocycles. The Morgan fingerprint density at radius 3 is 1.93 bits per heavy atom. The van der Waals surface area contributed by atoms with Gasteiger partial charge in [0.1, 0.15) is 0 Å². The van der Waals surface area contributed by atoms with Gasteiger partial charge in [-0.05, 0) is 24.0 Å². The molecule has 0 saturated heterocycles. The second kappa shape index (κ2) is 4.96. The number of hydrogen-bond donors (Lipinski definition) is 0. The highest BCUT2D eigenvalue weighted by molar-refractivity contribution is 5.77. The molecule has 0 bridgehead atoms. The van der Waals surface area contributed by atoms with Crippen LogP contribution in [0.2, 0.25) is 0 Å². The van der Waals surface area contributed by atoms with Crippen LogP contribution in [-0.4, -0.2) is 13.1 Å². The third-order valence-electron chi connectivity index (χ3n) is 2.66. The lowest BCUT2D eigenvalue weighted by molar-refractivity contribution is -0.141. The van der Waals surface area contributed by atoms with Gasteiger partial charge in [0.25, 0.3) is 0 Å². The summed E-state index contributed by atoms with van der Waals surface area (Å²) in [4.78, 5) is 11.3. The molecule has 0 spiro atoms. The van der Waals surface area contributed by atoms with Gasteiger partial charge in [-0.2, -0.15) is 0 Å². The highest BCUT2D eigenvalue weighted by Gasteiger charge is 2.15. The van der Waals surface area contributed by atoms with Gasteiger partial charge in [-0.15, -0.1) is 0 Å². The Labute approximate surface area is 91.3 Å². The largest absolute Gasteiger partial charge is 0.469 e. The fourth-order valence-corrected chi connectivity index (χ4v) is 1.48. The molecule has 0 amide bonds. The van der Waals surface area contributed by atoms with Crippen molar-refractivity contribution in [2.24, 2.45) is 0 Å². The van der Waals surface area contributed by atoms with Gasteiger partial charge in [0, 0.05) is 0 Å². The van der Waals surface area contributed by atoms with Crippen molar-refractivity contribution in [2.75, 3.05) is 7.11 Å². The molecule has 2 nitrogen and oxygen atoms in total. The summed E-state index contributed by atoms with van der Waals surface area (Å²) < 4.78 is 4.71. The Morgan fingerprint density at radius 1 is 1.07 bits per heavy atom. The molecule has 1 rings (SSSR count). The summed E-state index contributed by atoms with van der Waals surface area (Å²) in [7, 11) is 1.42. The topological polar surface area (TPSA) is 26.3 Å². The van der Waals surface area contributed by atoms with Gasteiger partial charge >= 0.3 is 5.97 Å². The number of carbonyl (C=O) groups is 1. The lowest BCUT2D eigenvalue weighted by Gasteiger charge is -2.11. The van der Waals surface area contributed by atoms with E-state index in [2.05, 4.69) is 26.0 Å². The van der Waals surface area contributed by atoms with Crippen LogP contribution in [0.3, 0.4) is 0 Å². The standard InChI is InChI=1S/C13H18O2/c1-9(2)11-5-7-12(8-6-11)10(3)13(14)15-4/h5-10H,1-4H3/t10-/m1/s1. The number of methoxy groups -OCH3 is 1. The van der Waals surface area contributed by atoms with Crippen molar-refractivity contribution < 1.29 is 9.53 Å². The maximum Gasteiger partial charge on any atom is 0.312 e. The van der Waals surface area contributed by atoms with Crippen molar-refractivity contribution in [1.82, 2.24) is 0 Å². The second-order valence-corrected chi connectivity index (χ2v) is 4.07. The molecule has 0 fully saturated rings. The predicted octanol–water partition coefficient (Wildman–Crippen LogP) is 3.09. The fraction of sp³-hybridized carbons (Fsp3) is 0.462. The van der Waals surface area contributed by atoms with E-state index in [0.29, 0.717) is 5.92 Å². The number of rotatable bonds is 3. The minimum absolute atomic E-state index is 0.184. The number of ether oxygens (including phenoxy) is 1. The van der Waals surface area contributed by atoms with Crippen LogP contribution in [0.25, 0.3) is 0 Å². The van der Waals surface area contributed by atoms with E-state index in [1.807, 2.05) is 19.1 Å². The third kappa shape index (κ3) is 2.82. The minimum atomic E-state index is -0.188. The van der Waals surface area contributed by atoms with Gasteiger partial charge in [0.2, 0.25) is 0 Å². The van der Waals surface area contributed by atoms with Crippen molar-refractivity contribution in [1.29, 1.82) is 0 Å². The Balaban J connectivity index is 2.84. The number of esters is 1. The molecular weight excluding hydrogens is 188 g/mol. The van der Waals surface area contributed by atoms with Crippen LogP contribution < -0.4 is 0 Å². The molecule has 1 atom stereocenters. The number of carbonyl (C=O) groups excluding carboxylic acids is 1. The SMILES string of the molecule is COC(=O)[C@H](C)c1ccc(C(C)C)cc1. The first-order chi connectivity index (χ1) is 7.06. The molecule has 0 aliphatic carbocycles. The van der Waals surface area contributed by atoms with Gasteiger partial charge in [0.15, 0.2) is 0 Å². The lowest BCUT2D eigenvalue weighted by Crippen LogP contribution is -2.10. The summed E-state index contributed by atoms with van der Waals surface area (Å²) in [6.07, 6.45) is 0. The predicted molar refractivity (Wildman–Crippen MR) is 61.0 cm³/mol. The molecule has 0 unspecified atom stereocenters. The zero-order chi connectivity index (χ0) is 11.4. The van der Waals surface area contributed by atoms with Crippen LogP contribution in [-0.2, 0) is 9.53 Å². The van der Waals surface area contributed by atoms with Crippen LogP contribution in [0.5, 0.6) is 0 Å². The molecule has 0 N–H and O–H groups in total. The van der Waals surface area contributed by atoms with E-state index in [1.54, 1.807) is 0 Å². The first-order valence-electron chi connectivity index (χ1n) is 5.24. The average molecular weight is 206 g/mol. The Kier molecular flexibility index (Phi) is 3.89. The van der Waals surface area contributed by atoms with E-state index in [0.717, 1.165) is 5.56 Å². The summed E-state index contributed by atoms with van der Waals surface area (Å²) in [5, 5.41) is 0. The summed E-state index contributed by atoms with van der Waals surface area (Å²) in [6, 6.07) is 8.13. The molecule has 1 aromatic rings. The highest BCUT2D eigenvalue weighted by atomic mass is 16.5. The van der Waals surface area contributed by atoms with E-state index in [4.69, 9.17) is 4.74 Å². The summed E-state index contributed by atoms with van der Waals surface area (Å²) in [5.74, 6) is 0.149. The maximum atomic E-state index is 11.3. The second-order valence-electron chi connectivity index (χ2n) is 4.07. The zero-order valence-electron chi connectivity index (χ0n) is 9.78. The van der Waals surface area contributed by atoms with Crippen LogP contribution in [0.15, 0.2) is 24.3 Å². The quantitative estimate of drug-likeness (QED) is 0.710. The Bertz CT molecular complexity index is 325. The van der Waals surface area contributed by atoms with Crippen LogP contribution >= 0.6 is 0 Å². The molecule has 0 saturated carbocycles. The normalized spacial score (nSPS) is 12.6. The molecule has 0 aliphatic rings. The first-order valence-corrected chi connectivity index (χ1v) is 5.24. The third-order valence-corrected chi connectivity index (χ3v) is 2.66. The fourth-order valence-electron chi connectivity index (χ4n) is 1.48. The van der Waals surface area contributed by atoms with Crippen molar-refractivity contribution in [2.45, 2.75) is 32.6 Å². The molecule has 0 aliphatic heterocycles. The Hall–Kier alpha value is -1.31. The molecule has 1 aromatic carbocycles. The molecule has 0 radical (unpaired) electrons. The van der Waals surface area contributed by atoms with Gasteiger partial charge in [-0.25, -0.2) is 0 Å². The smallest absolute Gasteiger partial charge is 0.312 e.